The summed E-state index contributed by atoms with van der Waals surface area (Å²) in [5.41, 5.74) is 0.0493. The first-order valence-corrected chi connectivity index (χ1v) is 6.68. The van der Waals surface area contributed by atoms with Crippen LogP contribution in [0.3, 0.4) is 0 Å². The van der Waals surface area contributed by atoms with Crippen LogP contribution in [-0.4, -0.2) is 28.6 Å². The first-order valence-electron chi connectivity index (χ1n) is 5.89. The number of amides is 1. The summed E-state index contributed by atoms with van der Waals surface area (Å²) in [6.45, 7) is 0.174. The van der Waals surface area contributed by atoms with Crippen molar-refractivity contribution in [1.29, 1.82) is 0 Å². The molecule has 2 rings (SSSR count). The maximum absolute atomic E-state index is 11.8. The van der Waals surface area contributed by atoms with Crippen molar-refractivity contribution in [3.8, 4) is 0 Å². The van der Waals surface area contributed by atoms with E-state index in [1.165, 1.54) is 18.2 Å². The van der Waals surface area contributed by atoms with Gasteiger partial charge in [0.25, 0.3) is 11.6 Å². The second-order valence-electron chi connectivity index (χ2n) is 4.54. The number of carbonyl (C=O) groups excluding carboxylic acids is 1. The Morgan fingerprint density at radius 1 is 1.58 bits per heavy atom. The highest BCUT2D eigenvalue weighted by molar-refractivity contribution is 9.10. The Morgan fingerprint density at radius 2 is 2.26 bits per heavy atom. The number of aliphatic hydroxyl groups is 1. The molecule has 1 aliphatic carbocycles. The third kappa shape index (κ3) is 3.51. The molecule has 1 saturated carbocycles. The van der Waals surface area contributed by atoms with Crippen molar-refractivity contribution in [2.75, 3.05) is 6.54 Å². The van der Waals surface area contributed by atoms with E-state index in [4.69, 9.17) is 0 Å². The third-order valence-electron chi connectivity index (χ3n) is 3.04. The Kier molecular flexibility index (Phi) is 4.16. The lowest BCUT2D eigenvalue weighted by atomic mass is 10.1. The van der Waals surface area contributed by atoms with Gasteiger partial charge in [0.1, 0.15) is 0 Å². The highest BCUT2D eigenvalue weighted by atomic mass is 79.9. The van der Waals surface area contributed by atoms with Gasteiger partial charge < -0.3 is 10.4 Å². The number of nitro benzene ring substituents is 1. The molecule has 6 nitrogen and oxygen atoms in total. The van der Waals surface area contributed by atoms with Gasteiger partial charge in [-0.25, -0.2) is 0 Å². The van der Waals surface area contributed by atoms with Crippen molar-refractivity contribution in [3.63, 3.8) is 0 Å². The van der Waals surface area contributed by atoms with Crippen LogP contribution < -0.4 is 5.32 Å². The molecule has 1 aliphatic rings. The van der Waals surface area contributed by atoms with Gasteiger partial charge in [-0.15, -0.1) is 0 Å². The number of nitrogens with one attached hydrogen (secondary N) is 1. The number of rotatable bonds is 5. The summed E-state index contributed by atoms with van der Waals surface area (Å²) in [6.07, 6.45) is 1.44. The lowest BCUT2D eigenvalue weighted by Crippen LogP contribution is -2.33. The van der Waals surface area contributed by atoms with Gasteiger partial charge in [0, 0.05) is 18.2 Å². The lowest BCUT2D eigenvalue weighted by molar-refractivity contribution is -0.385. The largest absolute Gasteiger partial charge is 0.391 e. The smallest absolute Gasteiger partial charge is 0.284 e. The van der Waals surface area contributed by atoms with Crippen molar-refractivity contribution in [2.24, 2.45) is 5.92 Å². The van der Waals surface area contributed by atoms with Crippen LogP contribution in [0.2, 0.25) is 0 Å². The topological polar surface area (TPSA) is 92.5 Å². The minimum atomic E-state index is -0.556. The van der Waals surface area contributed by atoms with Crippen LogP contribution in [-0.2, 0) is 0 Å². The van der Waals surface area contributed by atoms with Crippen LogP contribution in [0.1, 0.15) is 23.2 Å². The average molecular weight is 329 g/mol. The molecule has 0 spiro atoms. The molecule has 7 heteroatoms. The molecule has 1 unspecified atom stereocenters. The standard InChI is InChI=1S/C12H13BrN2O4/c13-9-4-3-8(5-10(9)15(18)19)12(17)14-6-11(16)7-1-2-7/h3-5,7,11,16H,1-2,6H2,(H,14,17). The molecule has 102 valence electrons. The predicted octanol–water partition coefficient (Wildman–Crippen LogP) is 1.86. The number of carbonyl (C=O) groups is 1. The zero-order valence-corrected chi connectivity index (χ0v) is 11.6. The first kappa shape index (κ1) is 14.0. The zero-order chi connectivity index (χ0) is 14.0. The Hall–Kier alpha value is -1.47. The van der Waals surface area contributed by atoms with Gasteiger partial charge in [0.05, 0.1) is 15.5 Å². The molecular formula is C12H13BrN2O4. The predicted molar refractivity (Wildman–Crippen MR) is 71.9 cm³/mol. The summed E-state index contributed by atoms with van der Waals surface area (Å²) >= 11 is 3.06. The number of aliphatic hydroxyl groups excluding tert-OH is 1. The van der Waals surface area contributed by atoms with Crippen LogP contribution in [0.25, 0.3) is 0 Å². The van der Waals surface area contributed by atoms with Crippen molar-refractivity contribution in [1.82, 2.24) is 5.32 Å². The van der Waals surface area contributed by atoms with E-state index >= 15 is 0 Å². The molecule has 1 amide bonds. The highest BCUT2D eigenvalue weighted by Gasteiger charge is 2.29. The normalized spacial score (nSPS) is 15.9. The fourth-order valence-corrected chi connectivity index (χ4v) is 2.13. The Bertz CT molecular complexity index is 516. The van der Waals surface area contributed by atoms with E-state index in [1.54, 1.807) is 0 Å². The lowest BCUT2D eigenvalue weighted by Gasteiger charge is -2.10. The molecule has 0 aromatic heterocycles. The van der Waals surface area contributed by atoms with E-state index in [-0.39, 0.29) is 23.7 Å². The summed E-state index contributed by atoms with van der Waals surface area (Å²) in [7, 11) is 0. The van der Waals surface area contributed by atoms with Crippen molar-refractivity contribution in [2.45, 2.75) is 18.9 Å². The van der Waals surface area contributed by atoms with Gasteiger partial charge in [0.2, 0.25) is 0 Å². The third-order valence-corrected chi connectivity index (χ3v) is 3.71. The zero-order valence-electron chi connectivity index (χ0n) is 10.0. The SMILES string of the molecule is O=C(NCC(O)C1CC1)c1ccc(Br)c([N+](=O)[O-])c1. The fourth-order valence-electron chi connectivity index (χ4n) is 1.74. The molecule has 0 saturated heterocycles. The number of benzene rings is 1. The second-order valence-corrected chi connectivity index (χ2v) is 5.39. The highest BCUT2D eigenvalue weighted by Crippen LogP contribution is 2.32. The molecule has 0 aliphatic heterocycles. The molecule has 1 aromatic carbocycles. The minimum Gasteiger partial charge on any atom is -0.391 e. The van der Waals surface area contributed by atoms with E-state index in [1.807, 2.05) is 0 Å². The first-order chi connectivity index (χ1) is 8.99. The fraction of sp³-hybridized carbons (Fsp3) is 0.417. The minimum absolute atomic E-state index is 0.157. The Morgan fingerprint density at radius 3 is 2.84 bits per heavy atom. The van der Waals surface area contributed by atoms with Crippen molar-refractivity contribution < 1.29 is 14.8 Å². The number of hydrogen-bond acceptors (Lipinski definition) is 4. The molecule has 2 N–H and O–H groups in total. The molecule has 19 heavy (non-hydrogen) atoms. The van der Waals surface area contributed by atoms with Crippen LogP contribution in [0.15, 0.2) is 22.7 Å². The van der Waals surface area contributed by atoms with Gasteiger partial charge in [-0.1, -0.05) is 0 Å². The van der Waals surface area contributed by atoms with E-state index in [2.05, 4.69) is 21.2 Å². The molecule has 0 radical (unpaired) electrons. The van der Waals surface area contributed by atoms with Gasteiger partial charge in [0.15, 0.2) is 0 Å². The number of hydrogen-bond donors (Lipinski definition) is 2. The molecule has 1 aromatic rings. The summed E-state index contributed by atoms with van der Waals surface area (Å²) < 4.78 is 0.326. The monoisotopic (exact) mass is 328 g/mol. The van der Waals surface area contributed by atoms with E-state index in [0.29, 0.717) is 4.47 Å². The summed E-state index contributed by atoms with van der Waals surface area (Å²) in [5.74, 6) is -0.144. The van der Waals surface area contributed by atoms with Gasteiger partial charge in [-0.05, 0) is 46.8 Å². The van der Waals surface area contributed by atoms with Crippen LogP contribution in [0, 0.1) is 16.0 Å². The quantitative estimate of drug-likeness (QED) is 0.637. The van der Waals surface area contributed by atoms with Crippen molar-refractivity contribution >= 4 is 27.5 Å². The van der Waals surface area contributed by atoms with Gasteiger partial charge in [-0.2, -0.15) is 0 Å². The Balaban J connectivity index is 2.02. The average Bonchev–Trinajstić information content (AvgIpc) is 3.20. The molecular weight excluding hydrogens is 316 g/mol. The summed E-state index contributed by atoms with van der Waals surface area (Å²) in [4.78, 5) is 22.0. The van der Waals surface area contributed by atoms with E-state index in [9.17, 15) is 20.0 Å². The van der Waals surface area contributed by atoms with Crippen LogP contribution in [0.4, 0.5) is 5.69 Å². The Labute approximate surface area is 118 Å². The summed E-state index contributed by atoms with van der Waals surface area (Å²) in [6, 6.07) is 4.17. The summed E-state index contributed by atoms with van der Waals surface area (Å²) in [5, 5.41) is 23.0. The van der Waals surface area contributed by atoms with Gasteiger partial charge >= 0.3 is 0 Å². The maximum Gasteiger partial charge on any atom is 0.284 e. The molecule has 0 heterocycles. The number of nitrogens with zero attached hydrogens (tertiary/aromatic N) is 1. The maximum atomic E-state index is 11.8. The number of nitro groups is 1. The number of halogens is 1. The molecule has 1 atom stereocenters. The van der Waals surface area contributed by atoms with Crippen LogP contribution in [0.5, 0.6) is 0 Å². The second kappa shape index (κ2) is 5.66. The van der Waals surface area contributed by atoms with Gasteiger partial charge in [-0.3, -0.25) is 14.9 Å². The van der Waals surface area contributed by atoms with Crippen LogP contribution >= 0.6 is 15.9 Å². The van der Waals surface area contributed by atoms with E-state index < -0.39 is 16.9 Å². The van der Waals surface area contributed by atoms with Crippen molar-refractivity contribution in [3.05, 3.63) is 38.3 Å². The molecule has 0 bridgehead atoms. The van der Waals surface area contributed by atoms with E-state index in [0.717, 1.165) is 12.8 Å². The molecule has 1 fully saturated rings.